The third kappa shape index (κ3) is 2.96. The molecule has 3 rings (SSSR count). The van der Waals surface area contributed by atoms with E-state index in [0.29, 0.717) is 13.0 Å². The molecule has 1 atom stereocenters. The fourth-order valence-electron chi connectivity index (χ4n) is 2.99. The van der Waals surface area contributed by atoms with Crippen molar-refractivity contribution in [2.75, 3.05) is 11.9 Å². The van der Waals surface area contributed by atoms with Gasteiger partial charge in [0.15, 0.2) is 0 Å². The van der Waals surface area contributed by atoms with E-state index in [9.17, 15) is 4.79 Å². The van der Waals surface area contributed by atoms with Gasteiger partial charge in [0.1, 0.15) is 11.6 Å². The van der Waals surface area contributed by atoms with Crippen LogP contribution >= 0.6 is 0 Å². The highest BCUT2D eigenvalue weighted by molar-refractivity contribution is 5.94. The Morgan fingerprint density at radius 3 is 2.61 bits per heavy atom. The molecule has 5 nitrogen and oxygen atoms in total. The van der Waals surface area contributed by atoms with Gasteiger partial charge in [0.05, 0.1) is 18.3 Å². The van der Waals surface area contributed by atoms with E-state index in [1.165, 1.54) is 0 Å². The van der Waals surface area contributed by atoms with Gasteiger partial charge < -0.3 is 10.1 Å². The zero-order valence-corrected chi connectivity index (χ0v) is 14.1. The molecule has 0 radical (unpaired) electrons. The van der Waals surface area contributed by atoms with Crippen LogP contribution in [-0.4, -0.2) is 22.3 Å². The number of benzene rings is 1. The number of amides is 1. The molecular weight excluding hydrogens is 290 g/mol. The van der Waals surface area contributed by atoms with E-state index in [2.05, 4.69) is 31.2 Å². The van der Waals surface area contributed by atoms with E-state index in [0.717, 1.165) is 22.7 Å². The molecule has 1 aliphatic rings. The maximum Gasteiger partial charge on any atom is 0.226 e. The van der Waals surface area contributed by atoms with Crippen molar-refractivity contribution in [2.45, 2.75) is 45.6 Å². The zero-order valence-electron chi connectivity index (χ0n) is 14.1. The predicted octanol–water partition coefficient (Wildman–Crippen LogP) is 3.51. The van der Waals surface area contributed by atoms with Crippen LogP contribution in [0.1, 0.15) is 51.2 Å². The first-order chi connectivity index (χ1) is 10.9. The molecule has 0 saturated carbocycles. The maximum absolute atomic E-state index is 12.2. The van der Waals surface area contributed by atoms with Crippen molar-refractivity contribution in [1.29, 1.82) is 0 Å². The number of rotatable bonds is 3. The monoisotopic (exact) mass is 313 g/mol. The van der Waals surface area contributed by atoms with Crippen molar-refractivity contribution in [3.63, 3.8) is 0 Å². The van der Waals surface area contributed by atoms with Gasteiger partial charge in [-0.25, -0.2) is 4.68 Å². The summed E-state index contributed by atoms with van der Waals surface area (Å²) in [4.78, 5) is 12.2. The van der Waals surface area contributed by atoms with Crippen LogP contribution in [0.25, 0.3) is 0 Å². The highest BCUT2D eigenvalue weighted by atomic mass is 16.5. The van der Waals surface area contributed by atoms with E-state index in [-0.39, 0.29) is 17.4 Å². The Labute approximate surface area is 136 Å². The topological polar surface area (TPSA) is 56.1 Å². The lowest BCUT2D eigenvalue weighted by atomic mass is 9.87. The quantitative estimate of drug-likeness (QED) is 0.943. The molecule has 1 aliphatic heterocycles. The minimum atomic E-state index is -0.179. The van der Waals surface area contributed by atoms with Gasteiger partial charge in [0.2, 0.25) is 5.91 Å². The Kier molecular flexibility index (Phi) is 3.88. The molecule has 2 heterocycles. The van der Waals surface area contributed by atoms with Crippen LogP contribution < -0.4 is 10.1 Å². The molecule has 0 fully saturated rings. The minimum absolute atomic E-state index is 0.0300. The van der Waals surface area contributed by atoms with Gasteiger partial charge in [-0.15, -0.1) is 0 Å². The number of nitrogens with one attached hydrogen (secondary N) is 1. The van der Waals surface area contributed by atoms with E-state index in [1.807, 2.05) is 42.1 Å². The Balaban J connectivity index is 1.99. The summed E-state index contributed by atoms with van der Waals surface area (Å²) in [7, 11) is 0. The predicted molar refractivity (Wildman–Crippen MR) is 89.9 cm³/mol. The first kappa shape index (κ1) is 15.6. The Hall–Kier alpha value is -2.30. The summed E-state index contributed by atoms with van der Waals surface area (Å²) in [5.41, 5.74) is 2.00. The summed E-state index contributed by atoms with van der Waals surface area (Å²) in [6.07, 6.45) is 2.32. The summed E-state index contributed by atoms with van der Waals surface area (Å²) >= 11 is 0. The summed E-state index contributed by atoms with van der Waals surface area (Å²) < 4.78 is 7.38. The third-order valence-electron chi connectivity index (χ3n) is 4.05. The van der Waals surface area contributed by atoms with Gasteiger partial charge in [0, 0.05) is 17.9 Å². The first-order valence-electron chi connectivity index (χ1n) is 8.01. The minimum Gasteiger partial charge on any atom is -0.494 e. The first-order valence-corrected chi connectivity index (χ1v) is 8.01. The van der Waals surface area contributed by atoms with Crippen LogP contribution in [0, 0.1) is 0 Å². The number of carbonyl (C=O) groups is 1. The number of ether oxygens (including phenoxy) is 1. The number of carbonyl (C=O) groups excluding carboxylic acids is 1. The molecule has 0 aliphatic carbocycles. The van der Waals surface area contributed by atoms with Crippen LogP contribution in [0.2, 0.25) is 0 Å². The number of hydrogen-bond donors (Lipinski definition) is 1. The van der Waals surface area contributed by atoms with E-state index in [4.69, 9.17) is 4.74 Å². The summed E-state index contributed by atoms with van der Waals surface area (Å²) in [6.45, 7) is 8.84. The summed E-state index contributed by atoms with van der Waals surface area (Å²) in [5, 5.41) is 7.49. The lowest BCUT2D eigenvalue weighted by Gasteiger charge is -2.28. The number of nitrogens with zero attached hydrogens (tertiary/aromatic N) is 2. The van der Waals surface area contributed by atoms with Gasteiger partial charge in [-0.2, -0.15) is 5.10 Å². The molecule has 0 unspecified atom stereocenters. The normalized spacial score (nSPS) is 17.6. The maximum atomic E-state index is 12.2. The van der Waals surface area contributed by atoms with Crippen molar-refractivity contribution in [2.24, 2.45) is 0 Å². The molecule has 5 heteroatoms. The van der Waals surface area contributed by atoms with Gasteiger partial charge in [-0.1, -0.05) is 12.1 Å². The largest absolute Gasteiger partial charge is 0.494 e. The summed E-state index contributed by atoms with van der Waals surface area (Å²) in [6, 6.07) is 7.98. The second-order valence-corrected chi connectivity index (χ2v) is 6.84. The molecule has 0 bridgehead atoms. The highest BCUT2D eigenvalue weighted by Crippen LogP contribution is 2.39. The SMILES string of the molecule is CCOc1ccc([C@H]2CC(=O)Nc3c2cnn3C(C)(C)C)cc1. The van der Waals surface area contributed by atoms with Crippen LogP contribution in [0.15, 0.2) is 30.5 Å². The van der Waals surface area contributed by atoms with Crippen molar-refractivity contribution in [1.82, 2.24) is 9.78 Å². The number of fused-ring (bicyclic) bond motifs is 1. The second kappa shape index (κ2) is 5.72. The lowest BCUT2D eigenvalue weighted by molar-refractivity contribution is -0.116. The van der Waals surface area contributed by atoms with E-state index >= 15 is 0 Å². The molecule has 122 valence electrons. The molecule has 1 aromatic heterocycles. The number of aromatic nitrogens is 2. The standard InChI is InChI=1S/C18H23N3O2/c1-5-23-13-8-6-12(7-9-13)14-10-16(22)20-17-15(14)11-19-21(17)18(2,3)4/h6-9,11,14H,5,10H2,1-4H3,(H,20,22)/t14-/m1/s1. The van der Waals surface area contributed by atoms with Crippen molar-refractivity contribution in [3.05, 3.63) is 41.6 Å². The van der Waals surface area contributed by atoms with Crippen LogP contribution in [0.4, 0.5) is 5.82 Å². The van der Waals surface area contributed by atoms with Crippen LogP contribution in [-0.2, 0) is 10.3 Å². The summed E-state index contributed by atoms with van der Waals surface area (Å²) in [5.74, 6) is 1.72. The van der Waals surface area contributed by atoms with Crippen LogP contribution in [0.5, 0.6) is 5.75 Å². The Morgan fingerprint density at radius 1 is 1.30 bits per heavy atom. The fourth-order valence-corrected chi connectivity index (χ4v) is 2.99. The molecular formula is C18H23N3O2. The lowest BCUT2D eigenvalue weighted by Crippen LogP contribution is -2.30. The zero-order chi connectivity index (χ0) is 16.6. The highest BCUT2D eigenvalue weighted by Gasteiger charge is 2.32. The second-order valence-electron chi connectivity index (χ2n) is 6.84. The van der Waals surface area contributed by atoms with Gasteiger partial charge in [-0.05, 0) is 45.4 Å². The molecule has 23 heavy (non-hydrogen) atoms. The Morgan fingerprint density at radius 2 is 2.00 bits per heavy atom. The Bertz CT molecular complexity index is 711. The van der Waals surface area contributed by atoms with Crippen LogP contribution in [0.3, 0.4) is 0 Å². The van der Waals surface area contributed by atoms with Crippen molar-refractivity contribution < 1.29 is 9.53 Å². The average molecular weight is 313 g/mol. The van der Waals surface area contributed by atoms with Gasteiger partial charge in [0.25, 0.3) is 0 Å². The van der Waals surface area contributed by atoms with Gasteiger partial charge in [-0.3, -0.25) is 4.79 Å². The van der Waals surface area contributed by atoms with Crippen molar-refractivity contribution in [3.8, 4) is 5.75 Å². The van der Waals surface area contributed by atoms with E-state index in [1.54, 1.807) is 0 Å². The fraction of sp³-hybridized carbons (Fsp3) is 0.444. The smallest absolute Gasteiger partial charge is 0.226 e. The molecule has 0 saturated heterocycles. The molecule has 2 aromatic rings. The number of hydrogen-bond acceptors (Lipinski definition) is 3. The third-order valence-corrected chi connectivity index (χ3v) is 4.05. The number of anilines is 1. The molecule has 1 N–H and O–H groups in total. The van der Waals surface area contributed by atoms with Crippen molar-refractivity contribution >= 4 is 11.7 Å². The molecule has 0 spiro atoms. The average Bonchev–Trinajstić information content (AvgIpc) is 2.91. The molecule has 1 amide bonds. The molecule has 1 aromatic carbocycles. The van der Waals surface area contributed by atoms with Gasteiger partial charge >= 0.3 is 0 Å². The van der Waals surface area contributed by atoms with E-state index < -0.39 is 0 Å².